The quantitative estimate of drug-likeness (QED) is 0.706. The topological polar surface area (TPSA) is 102 Å². The number of phosphoric acid groups is 1. The standard InChI is InChI=1S/C12H19ClO7P2/c1-12(2,9-5-7-10(13)8-6-9)11(20-22(15,16)17)21(14,18-3)19-4/h5-8,11H,1-4H3,(H2,15,16,17). The molecule has 0 radical (unpaired) electrons. The summed E-state index contributed by atoms with van der Waals surface area (Å²) >= 11 is 5.83. The van der Waals surface area contributed by atoms with E-state index in [2.05, 4.69) is 0 Å². The number of hydrogen-bond acceptors (Lipinski definition) is 5. The summed E-state index contributed by atoms with van der Waals surface area (Å²) < 4.78 is 38.4. The number of halogens is 1. The summed E-state index contributed by atoms with van der Waals surface area (Å²) in [5.74, 6) is -1.52. The van der Waals surface area contributed by atoms with Crippen molar-refractivity contribution in [2.45, 2.75) is 25.1 Å². The lowest BCUT2D eigenvalue weighted by Crippen LogP contribution is -2.36. The first-order valence-electron chi connectivity index (χ1n) is 6.17. The van der Waals surface area contributed by atoms with Crippen LogP contribution in [0.5, 0.6) is 0 Å². The molecule has 0 heterocycles. The summed E-state index contributed by atoms with van der Waals surface area (Å²) in [6, 6.07) is 6.51. The van der Waals surface area contributed by atoms with Crippen LogP contribution >= 0.6 is 27.0 Å². The van der Waals surface area contributed by atoms with E-state index in [1.54, 1.807) is 38.1 Å². The van der Waals surface area contributed by atoms with Crippen molar-refractivity contribution >= 4 is 27.0 Å². The van der Waals surface area contributed by atoms with Crippen molar-refractivity contribution in [1.29, 1.82) is 0 Å². The van der Waals surface area contributed by atoms with Crippen LogP contribution in [0.4, 0.5) is 0 Å². The van der Waals surface area contributed by atoms with Gasteiger partial charge in [0.25, 0.3) is 0 Å². The van der Waals surface area contributed by atoms with E-state index in [1.165, 1.54) is 0 Å². The molecule has 1 atom stereocenters. The van der Waals surface area contributed by atoms with Gasteiger partial charge in [-0.25, -0.2) is 4.57 Å². The molecule has 1 aromatic rings. The third-order valence-corrected chi connectivity index (χ3v) is 6.49. The molecule has 0 saturated carbocycles. The minimum Gasteiger partial charge on any atom is -0.310 e. The van der Waals surface area contributed by atoms with Gasteiger partial charge in [0.05, 0.1) is 0 Å². The lowest BCUT2D eigenvalue weighted by molar-refractivity contribution is 0.102. The van der Waals surface area contributed by atoms with Crippen molar-refractivity contribution in [1.82, 2.24) is 0 Å². The predicted molar refractivity (Wildman–Crippen MR) is 83.0 cm³/mol. The smallest absolute Gasteiger partial charge is 0.310 e. The van der Waals surface area contributed by atoms with Gasteiger partial charge in [-0.15, -0.1) is 0 Å². The normalized spacial score (nSPS) is 14.9. The average molecular weight is 373 g/mol. The largest absolute Gasteiger partial charge is 0.470 e. The Morgan fingerprint density at radius 3 is 1.91 bits per heavy atom. The summed E-state index contributed by atoms with van der Waals surface area (Å²) in [4.78, 5) is 18.3. The second-order valence-electron chi connectivity index (χ2n) is 5.08. The Morgan fingerprint density at radius 2 is 1.55 bits per heavy atom. The molecule has 7 nitrogen and oxygen atoms in total. The summed E-state index contributed by atoms with van der Waals surface area (Å²) in [7, 11) is -6.62. The van der Waals surface area contributed by atoms with E-state index in [0.717, 1.165) is 14.2 Å². The average Bonchev–Trinajstić information content (AvgIpc) is 2.43. The van der Waals surface area contributed by atoms with E-state index in [4.69, 9.17) is 35.0 Å². The van der Waals surface area contributed by atoms with Gasteiger partial charge in [-0.05, 0) is 17.7 Å². The van der Waals surface area contributed by atoms with Crippen LogP contribution in [0.1, 0.15) is 19.4 Å². The molecule has 0 aliphatic rings. The van der Waals surface area contributed by atoms with Crippen LogP contribution in [0.25, 0.3) is 0 Å². The molecule has 0 fully saturated rings. The Kier molecular flexibility index (Phi) is 6.41. The van der Waals surface area contributed by atoms with E-state index < -0.39 is 26.7 Å². The highest BCUT2D eigenvalue weighted by molar-refractivity contribution is 7.55. The predicted octanol–water partition coefficient (Wildman–Crippen LogP) is 3.54. The molecule has 0 spiro atoms. The van der Waals surface area contributed by atoms with E-state index in [9.17, 15) is 9.13 Å². The number of benzene rings is 1. The summed E-state index contributed by atoms with van der Waals surface area (Å²) in [5, 5.41) is 0.494. The lowest BCUT2D eigenvalue weighted by Gasteiger charge is -2.37. The maximum atomic E-state index is 12.7. The van der Waals surface area contributed by atoms with Gasteiger partial charge in [0.15, 0.2) is 5.85 Å². The van der Waals surface area contributed by atoms with Crippen LogP contribution < -0.4 is 0 Å². The van der Waals surface area contributed by atoms with E-state index >= 15 is 0 Å². The van der Waals surface area contributed by atoms with Gasteiger partial charge in [-0.2, -0.15) is 0 Å². The third kappa shape index (κ3) is 4.63. The Hall–Kier alpha value is -0.230. The molecular weight excluding hydrogens is 354 g/mol. The van der Waals surface area contributed by atoms with Crippen molar-refractivity contribution in [3.8, 4) is 0 Å². The van der Waals surface area contributed by atoms with Crippen molar-refractivity contribution < 1.29 is 32.5 Å². The first kappa shape index (κ1) is 19.8. The Morgan fingerprint density at radius 1 is 1.09 bits per heavy atom. The van der Waals surface area contributed by atoms with Gasteiger partial charge in [0.2, 0.25) is 0 Å². The summed E-state index contributed by atoms with van der Waals surface area (Å²) in [6.07, 6.45) is 0. The zero-order valence-electron chi connectivity index (χ0n) is 12.6. The fraction of sp³-hybridized carbons (Fsp3) is 0.500. The molecular formula is C12H19ClO7P2. The SMILES string of the molecule is COP(=O)(OC)C(OP(=O)(O)O)C(C)(C)c1ccc(Cl)cc1. The van der Waals surface area contributed by atoms with Gasteiger partial charge >= 0.3 is 15.4 Å². The highest BCUT2D eigenvalue weighted by Gasteiger charge is 2.50. The van der Waals surface area contributed by atoms with Gasteiger partial charge in [0.1, 0.15) is 0 Å². The minimum atomic E-state index is -4.93. The zero-order valence-corrected chi connectivity index (χ0v) is 15.1. The van der Waals surface area contributed by atoms with Gasteiger partial charge in [-0.3, -0.25) is 9.09 Å². The molecule has 0 aliphatic heterocycles. The fourth-order valence-electron chi connectivity index (χ4n) is 2.00. The van der Waals surface area contributed by atoms with Crippen molar-refractivity contribution in [3.63, 3.8) is 0 Å². The molecule has 0 saturated heterocycles. The first-order valence-corrected chi connectivity index (χ1v) is 9.69. The van der Waals surface area contributed by atoms with Gasteiger partial charge < -0.3 is 18.8 Å². The second-order valence-corrected chi connectivity index (χ2v) is 8.99. The minimum absolute atomic E-state index is 0.494. The first-order chi connectivity index (χ1) is 9.96. The third-order valence-electron chi connectivity index (χ3n) is 3.24. The molecule has 22 heavy (non-hydrogen) atoms. The van der Waals surface area contributed by atoms with Crippen LogP contribution in [0.2, 0.25) is 5.02 Å². The molecule has 1 aromatic carbocycles. The monoisotopic (exact) mass is 372 g/mol. The van der Waals surface area contributed by atoms with Crippen LogP contribution in [0, 0.1) is 0 Å². The van der Waals surface area contributed by atoms with Crippen molar-refractivity contribution in [3.05, 3.63) is 34.9 Å². The maximum Gasteiger partial charge on any atom is 0.470 e. The van der Waals surface area contributed by atoms with Crippen LogP contribution in [0.15, 0.2) is 24.3 Å². The second kappa shape index (κ2) is 7.12. The molecule has 0 amide bonds. The maximum absolute atomic E-state index is 12.7. The van der Waals surface area contributed by atoms with E-state index in [1.807, 2.05) is 0 Å². The molecule has 126 valence electrons. The molecule has 0 aromatic heterocycles. The molecule has 0 bridgehead atoms. The molecule has 2 N–H and O–H groups in total. The number of rotatable bonds is 7. The van der Waals surface area contributed by atoms with Crippen LogP contribution in [0.3, 0.4) is 0 Å². The van der Waals surface area contributed by atoms with Crippen LogP contribution in [-0.2, 0) is 28.1 Å². The van der Waals surface area contributed by atoms with E-state index in [-0.39, 0.29) is 0 Å². The highest BCUT2D eigenvalue weighted by Crippen LogP contribution is 2.62. The van der Waals surface area contributed by atoms with Gasteiger partial charge in [-0.1, -0.05) is 37.6 Å². The number of hydrogen-bond donors (Lipinski definition) is 2. The van der Waals surface area contributed by atoms with Gasteiger partial charge in [0, 0.05) is 24.7 Å². The van der Waals surface area contributed by atoms with Crippen molar-refractivity contribution in [2.24, 2.45) is 0 Å². The van der Waals surface area contributed by atoms with E-state index in [0.29, 0.717) is 10.6 Å². The summed E-state index contributed by atoms with van der Waals surface area (Å²) in [5.41, 5.74) is -0.488. The summed E-state index contributed by atoms with van der Waals surface area (Å²) in [6.45, 7) is 3.22. The fourth-order valence-corrected chi connectivity index (χ4v) is 4.95. The highest BCUT2D eigenvalue weighted by atomic mass is 35.5. The molecule has 1 unspecified atom stereocenters. The molecule has 0 aliphatic carbocycles. The lowest BCUT2D eigenvalue weighted by atomic mass is 9.85. The number of phosphoric ester groups is 1. The Labute approximate surface area is 134 Å². The van der Waals surface area contributed by atoms with Crippen LogP contribution in [-0.4, -0.2) is 29.9 Å². The molecule has 10 heteroatoms. The van der Waals surface area contributed by atoms with Crippen molar-refractivity contribution in [2.75, 3.05) is 14.2 Å². The molecule has 1 rings (SSSR count). The Balaban J connectivity index is 3.38. The Bertz CT molecular complexity index is 588. The zero-order chi connectivity index (χ0) is 17.2.